The molecule has 0 aliphatic heterocycles. The van der Waals surface area contributed by atoms with E-state index in [0.717, 1.165) is 50.1 Å². The van der Waals surface area contributed by atoms with E-state index in [2.05, 4.69) is 15.6 Å². The summed E-state index contributed by atoms with van der Waals surface area (Å²) in [6.07, 6.45) is -1.21. The Hall–Kier alpha value is -1.03. The molecule has 138 valence electrons. The van der Waals surface area contributed by atoms with Gasteiger partial charge in [-0.2, -0.15) is 13.2 Å². The minimum absolute atomic E-state index is 0. The Labute approximate surface area is 158 Å². The third kappa shape index (κ3) is 9.31. The van der Waals surface area contributed by atoms with Crippen molar-refractivity contribution in [3.63, 3.8) is 0 Å². The van der Waals surface area contributed by atoms with Crippen LogP contribution in [0.4, 0.5) is 13.2 Å². The second-order valence-corrected chi connectivity index (χ2v) is 5.10. The number of guanidine groups is 1. The van der Waals surface area contributed by atoms with Gasteiger partial charge >= 0.3 is 6.18 Å². The van der Waals surface area contributed by atoms with E-state index >= 15 is 0 Å². The molecule has 0 unspecified atom stereocenters. The highest BCUT2D eigenvalue weighted by molar-refractivity contribution is 14.0. The largest absolute Gasteiger partial charge is 0.416 e. The molecule has 0 aromatic heterocycles. The van der Waals surface area contributed by atoms with Crippen LogP contribution in [0.5, 0.6) is 0 Å². The summed E-state index contributed by atoms with van der Waals surface area (Å²) in [5, 5.41) is 6.25. The van der Waals surface area contributed by atoms with E-state index in [9.17, 15) is 13.2 Å². The molecule has 2 N–H and O–H groups in total. The van der Waals surface area contributed by atoms with Gasteiger partial charge in [0.25, 0.3) is 0 Å². The van der Waals surface area contributed by atoms with Gasteiger partial charge in [0, 0.05) is 33.9 Å². The normalized spacial score (nSPS) is 11.8. The second kappa shape index (κ2) is 12.3. The molecule has 0 saturated heterocycles. The zero-order valence-corrected chi connectivity index (χ0v) is 16.3. The first-order valence-electron chi connectivity index (χ1n) is 7.57. The molecule has 0 saturated carbocycles. The van der Waals surface area contributed by atoms with Gasteiger partial charge in [0.05, 0.1) is 5.56 Å². The SMILES string of the molecule is CN=C(NCCCCCOC)NCc1ccc(C(F)(F)F)cc1.I. The number of aliphatic imine (C=N–C) groups is 1. The van der Waals surface area contributed by atoms with Crippen LogP contribution >= 0.6 is 24.0 Å². The number of rotatable bonds is 8. The van der Waals surface area contributed by atoms with E-state index in [1.807, 2.05) is 0 Å². The molecule has 0 radical (unpaired) electrons. The van der Waals surface area contributed by atoms with Crippen LogP contribution in [0.1, 0.15) is 30.4 Å². The predicted octanol–water partition coefficient (Wildman–Crippen LogP) is 3.81. The predicted molar refractivity (Wildman–Crippen MR) is 101 cm³/mol. The first kappa shape index (κ1) is 23.0. The highest BCUT2D eigenvalue weighted by atomic mass is 127. The number of ether oxygens (including phenoxy) is 1. The Morgan fingerprint density at radius 2 is 1.75 bits per heavy atom. The van der Waals surface area contributed by atoms with Crippen molar-refractivity contribution in [3.05, 3.63) is 35.4 Å². The molecule has 1 aromatic carbocycles. The molecule has 4 nitrogen and oxygen atoms in total. The summed E-state index contributed by atoms with van der Waals surface area (Å²) in [4.78, 5) is 4.08. The van der Waals surface area contributed by atoms with Crippen molar-refractivity contribution in [3.8, 4) is 0 Å². The fourth-order valence-electron chi connectivity index (χ4n) is 1.97. The van der Waals surface area contributed by atoms with Crippen LogP contribution < -0.4 is 10.6 Å². The average Bonchev–Trinajstić information content (AvgIpc) is 2.53. The summed E-state index contributed by atoms with van der Waals surface area (Å²) in [6, 6.07) is 5.10. The van der Waals surface area contributed by atoms with Crippen molar-refractivity contribution in [2.75, 3.05) is 27.3 Å². The van der Waals surface area contributed by atoms with Gasteiger partial charge in [-0.3, -0.25) is 4.99 Å². The minimum Gasteiger partial charge on any atom is -0.385 e. The molecule has 0 aliphatic carbocycles. The highest BCUT2D eigenvalue weighted by Crippen LogP contribution is 2.28. The Balaban J connectivity index is 0.00000529. The Morgan fingerprint density at radius 1 is 1.08 bits per heavy atom. The van der Waals surface area contributed by atoms with Crippen molar-refractivity contribution in [1.82, 2.24) is 10.6 Å². The lowest BCUT2D eigenvalue weighted by Gasteiger charge is -2.12. The van der Waals surface area contributed by atoms with E-state index in [4.69, 9.17) is 4.74 Å². The number of unbranched alkanes of at least 4 members (excludes halogenated alkanes) is 2. The third-order valence-corrected chi connectivity index (χ3v) is 3.28. The van der Waals surface area contributed by atoms with E-state index in [0.29, 0.717) is 12.5 Å². The lowest BCUT2D eigenvalue weighted by Crippen LogP contribution is -2.37. The molecule has 1 rings (SSSR count). The molecule has 0 amide bonds. The topological polar surface area (TPSA) is 45.7 Å². The van der Waals surface area contributed by atoms with Crippen molar-refractivity contribution in [2.45, 2.75) is 32.0 Å². The maximum atomic E-state index is 12.5. The summed E-state index contributed by atoms with van der Waals surface area (Å²) in [5.41, 5.74) is 0.126. The van der Waals surface area contributed by atoms with Crippen molar-refractivity contribution in [2.24, 2.45) is 4.99 Å². The van der Waals surface area contributed by atoms with E-state index < -0.39 is 11.7 Å². The number of hydrogen-bond donors (Lipinski definition) is 2. The van der Waals surface area contributed by atoms with Crippen LogP contribution in [-0.4, -0.2) is 33.3 Å². The van der Waals surface area contributed by atoms with Gasteiger partial charge in [-0.15, -0.1) is 24.0 Å². The number of nitrogens with zero attached hydrogens (tertiary/aromatic N) is 1. The molecule has 24 heavy (non-hydrogen) atoms. The number of hydrogen-bond acceptors (Lipinski definition) is 2. The Kier molecular flexibility index (Phi) is 11.8. The lowest BCUT2D eigenvalue weighted by atomic mass is 10.1. The van der Waals surface area contributed by atoms with E-state index in [1.54, 1.807) is 14.2 Å². The zero-order chi connectivity index (χ0) is 17.1. The van der Waals surface area contributed by atoms with Crippen LogP contribution in [0.25, 0.3) is 0 Å². The molecule has 0 aliphatic rings. The quantitative estimate of drug-likeness (QED) is 0.269. The van der Waals surface area contributed by atoms with Crippen LogP contribution in [-0.2, 0) is 17.5 Å². The fraction of sp³-hybridized carbons (Fsp3) is 0.562. The molecule has 0 fully saturated rings. The number of benzene rings is 1. The molecular formula is C16H25F3IN3O. The number of alkyl halides is 3. The van der Waals surface area contributed by atoms with Crippen LogP contribution in [0.3, 0.4) is 0 Å². The van der Waals surface area contributed by atoms with Crippen LogP contribution in [0, 0.1) is 0 Å². The number of nitrogens with one attached hydrogen (secondary N) is 2. The molecule has 0 heterocycles. The standard InChI is InChI=1S/C16H24F3N3O.HI/c1-20-15(21-10-4-3-5-11-23-2)22-12-13-6-8-14(9-7-13)16(17,18)19;/h6-9H,3-5,10-12H2,1-2H3,(H2,20,21,22);1H. The van der Waals surface area contributed by atoms with Gasteiger partial charge in [-0.25, -0.2) is 0 Å². The zero-order valence-electron chi connectivity index (χ0n) is 13.9. The Bertz CT molecular complexity index is 478. The van der Waals surface area contributed by atoms with E-state index in [-0.39, 0.29) is 24.0 Å². The van der Waals surface area contributed by atoms with Crippen molar-refractivity contribution < 1.29 is 17.9 Å². The third-order valence-electron chi connectivity index (χ3n) is 3.28. The smallest absolute Gasteiger partial charge is 0.385 e. The highest BCUT2D eigenvalue weighted by Gasteiger charge is 2.29. The Morgan fingerprint density at radius 3 is 2.29 bits per heavy atom. The summed E-state index contributed by atoms with van der Waals surface area (Å²) >= 11 is 0. The van der Waals surface area contributed by atoms with Crippen LogP contribution in [0.15, 0.2) is 29.3 Å². The second-order valence-electron chi connectivity index (χ2n) is 5.10. The number of halogens is 4. The summed E-state index contributed by atoms with van der Waals surface area (Å²) in [7, 11) is 3.35. The van der Waals surface area contributed by atoms with Gasteiger partial charge in [-0.05, 0) is 37.0 Å². The summed E-state index contributed by atoms with van der Waals surface area (Å²) in [5.74, 6) is 0.636. The van der Waals surface area contributed by atoms with Gasteiger partial charge in [0.15, 0.2) is 5.96 Å². The maximum absolute atomic E-state index is 12.5. The van der Waals surface area contributed by atoms with Gasteiger partial charge in [0.1, 0.15) is 0 Å². The number of methoxy groups -OCH3 is 1. The fourth-order valence-corrected chi connectivity index (χ4v) is 1.97. The average molecular weight is 459 g/mol. The monoisotopic (exact) mass is 459 g/mol. The summed E-state index contributed by atoms with van der Waals surface area (Å²) in [6.45, 7) is 1.97. The molecule has 1 aromatic rings. The van der Waals surface area contributed by atoms with Gasteiger partial charge < -0.3 is 15.4 Å². The molecule has 0 bridgehead atoms. The van der Waals surface area contributed by atoms with Crippen molar-refractivity contribution >= 4 is 29.9 Å². The molecule has 0 spiro atoms. The summed E-state index contributed by atoms with van der Waals surface area (Å²) < 4.78 is 42.4. The van der Waals surface area contributed by atoms with Crippen LogP contribution in [0.2, 0.25) is 0 Å². The van der Waals surface area contributed by atoms with Gasteiger partial charge in [-0.1, -0.05) is 12.1 Å². The minimum atomic E-state index is -4.30. The van der Waals surface area contributed by atoms with E-state index in [1.165, 1.54) is 12.1 Å². The first-order valence-corrected chi connectivity index (χ1v) is 7.57. The maximum Gasteiger partial charge on any atom is 0.416 e. The van der Waals surface area contributed by atoms with Crippen molar-refractivity contribution in [1.29, 1.82) is 0 Å². The first-order chi connectivity index (χ1) is 11.0. The molecular weight excluding hydrogens is 434 g/mol. The molecule has 0 atom stereocenters. The molecule has 8 heteroatoms. The van der Waals surface area contributed by atoms with Gasteiger partial charge in [0.2, 0.25) is 0 Å². The lowest BCUT2D eigenvalue weighted by molar-refractivity contribution is -0.137.